The minimum atomic E-state index is -0.506. The minimum Gasteiger partial charge on any atom is -0.356 e. The van der Waals surface area contributed by atoms with Gasteiger partial charge >= 0.3 is 0 Å². The molecule has 1 aromatic heterocycles. The summed E-state index contributed by atoms with van der Waals surface area (Å²) in [5, 5.41) is 3.07. The summed E-state index contributed by atoms with van der Waals surface area (Å²) < 4.78 is 2.00. The highest BCUT2D eigenvalue weighted by molar-refractivity contribution is 5.99. The van der Waals surface area contributed by atoms with Gasteiger partial charge < -0.3 is 9.88 Å². The maximum Gasteiger partial charge on any atom is 0.227 e. The second kappa shape index (κ2) is 4.93. The minimum absolute atomic E-state index is 0.0673. The normalized spacial score (nSPS) is 32.4. The van der Waals surface area contributed by atoms with Gasteiger partial charge in [-0.25, -0.2) is 4.98 Å². The topological polar surface area (TPSA) is 64.0 Å². The molecule has 1 N–H and O–H groups in total. The summed E-state index contributed by atoms with van der Waals surface area (Å²) in [4.78, 5) is 29.2. The van der Waals surface area contributed by atoms with E-state index in [1.165, 1.54) is 0 Å². The molecule has 2 saturated carbocycles. The lowest BCUT2D eigenvalue weighted by Crippen LogP contribution is -2.47. The summed E-state index contributed by atoms with van der Waals surface area (Å²) in [6.45, 7) is 7.70. The first-order chi connectivity index (χ1) is 10.3. The van der Waals surface area contributed by atoms with Crippen molar-refractivity contribution >= 4 is 11.7 Å². The summed E-state index contributed by atoms with van der Waals surface area (Å²) in [5.74, 6) is 0.329. The Morgan fingerprint density at radius 1 is 1.36 bits per heavy atom. The van der Waals surface area contributed by atoms with Gasteiger partial charge in [-0.05, 0) is 24.7 Å². The van der Waals surface area contributed by atoms with Crippen molar-refractivity contribution in [2.75, 3.05) is 6.54 Å². The molecule has 1 heterocycles. The molecule has 0 saturated heterocycles. The van der Waals surface area contributed by atoms with Crippen molar-refractivity contribution in [1.29, 1.82) is 0 Å². The lowest BCUT2D eigenvalue weighted by molar-refractivity contribution is -0.136. The zero-order chi connectivity index (χ0) is 16.0. The van der Waals surface area contributed by atoms with Gasteiger partial charge in [0.15, 0.2) is 0 Å². The van der Waals surface area contributed by atoms with Crippen LogP contribution in [0.25, 0.3) is 0 Å². The standard InChI is InChI=1S/C17H25N3O2/c1-15(2)16(3)5-6-17(15,11-13(16)21)14(22)19-7-4-9-20-10-8-18-12-20/h8,10,12H,4-7,9,11H2,1-3H3,(H,19,22)/t16-,17+/m0/s1. The predicted molar refractivity (Wildman–Crippen MR) is 83.0 cm³/mol. The highest BCUT2D eigenvalue weighted by Gasteiger charge is 2.72. The molecule has 0 aromatic carbocycles. The summed E-state index contributed by atoms with van der Waals surface area (Å²) in [6, 6.07) is 0. The number of hydrogen-bond acceptors (Lipinski definition) is 3. The average molecular weight is 303 g/mol. The summed E-state index contributed by atoms with van der Waals surface area (Å²) >= 11 is 0. The smallest absolute Gasteiger partial charge is 0.227 e. The number of nitrogens with one attached hydrogen (secondary N) is 1. The molecule has 2 bridgehead atoms. The van der Waals surface area contributed by atoms with Gasteiger partial charge in [0.05, 0.1) is 11.7 Å². The van der Waals surface area contributed by atoms with Gasteiger partial charge in [0.1, 0.15) is 5.78 Å². The van der Waals surface area contributed by atoms with Gasteiger partial charge in [0.2, 0.25) is 5.91 Å². The third kappa shape index (κ3) is 1.87. The van der Waals surface area contributed by atoms with Crippen molar-refractivity contribution in [2.45, 2.75) is 53.0 Å². The first-order valence-corrected chi connectivity index (χ1v) is 8.11. The Kier molecular flexibility index (Phi) is 3.42. The molecule has 1 amide bonds. The van der Waals surface area contributed by atoms with E-state index in [0.29, 0.717) is 13.0 Å². The Labute approximate surface area is 131 Å². The van der Waals surface area contributed by atoms with Crippen LogP contribution in [0.3, 0.4) is 0 Å². The van der Waals surface area contributed by atoms with Crippen LogP contribution in [0.15, 0.2) is 18.7 Å². The Morgan fingerprint density at radius 3 is 2.68 bits per heavy atom. The average Bonchev–Trinajstić information content (AvgIpc) is 3.08. The molecular weight excluding hydrogens is 278 g/mol. The molecule has 2 atom stereocenters. The molecule has 0 radical (unpaired) electrons. The van der Waals surface area contributed by atoms with Crippen LogP contribution in [-0.2, 0) is 16.1 Å². The van der Waals surface area contributed by atoms with Crippen LogP contribution in [0, 0.1) is 16.2 Å². The molecule has 0 aliphatic heterocycles. The third-order valence-electron chi connectivity index (χ3n) is 6.58. The summed E-state index contributed by atoms with van der Waals surface area (Å²) in [5.41, 5.74) is -1.10. The number of amides is 1. The maximum absolute atomic E-state index is 12.8. The third-order valence-corrected chi connectivity index (χ3v) is 6.58. The molecule has 0 unspecified atom stereocenters. The summed E-state index contributed by atoms with van der Waals surface area (Å²) in [6.07, 6.45) is 8.39. The van der Waals surface area contributed by atoms with Crippen LogP contribution >= 0.6 is 0 Å². The fourth-order valence-electron chi connectivity index (χ4n) is 4.41. The Hall–Kier alpha value is -1.65. The van der Waals surface area contributed by atoms with Crippen LogP contribution in [0.5, 0.6) is 0 Å². The predicted octanol–water partition coefficient (Wildman–Crippen LogP) is 2.17. The van der Waals surface area contributed by atoms with Crippen molar-refractivity contribution in [3.63, 3.8) is 0 Å². The largest absolute Gasteiger partial charge is 0.356 e. The molecule has 3 rings (SSSR count). The highest BCUT2D eigenvalue weighted by Crippen LogP contribution is 2.70. The fourth-order valence-corrected chi connectivity index (χ4v) is 4.41. The van der Waals surface area contributed by atoms with Gasteiger partial charge in [-0.2, -0.15) is 0 Å². The van der Waals surface area contributed by atoms with E-state index in [4.69, 9.17) is 0 Å². The molecule has 120 valence electrons. The van der Waals surface area contributed by atoms with E-state index in [1.54, 1.807) is 12.5 Å². The van der Waals surface area contributed by atoms with Crippen molar-refractivity contribution in [3.05, 3.63) is 18.7 Å². The number of fused-ring (bicyclic) bond motifs is 2. The summed E-state index contributed by atoms with van der Waals surface area (Å²) in [7, 11) is 0. The van der Waals surface area contributed by atoms with Crippen molar-refractivity contribution in [1.82, 2.24) is 14.9 Å². The maximum atomic E-state index is 12.8. The number of aromatic nitrogens is 2. The van der Waals surface area contributed by atoms with Crippen LogP contribution in [0.4, 0.5) is 0 Å². The van der Waals surface area contributed by atoms with Crippen LogP contribution in [0.2, 0.25) is 0 Å². The van der Waals surface area contributed by atoms with Crippen molar-refractivity contribution < 1.29 is 9.59 Å². The van der Waals surface area contributed by atoms with Crippen molar-refractivity contribution in [2.24, 2.45) is 16.2 Å². The van der Waals surface area contributed by atoms with E-state index in [-0.39, 0.29) is 22.5 Å². The van der Waals surface area contributed by atoms with E-state index in [9.17, 15) is 9.59 Å². The van der Waals surface area contributed by atoms with Crippen LogP contribution in [0.1, 0.15) is 46.5 Å². The quantitative estimate of drug-likeness (QED) is 0.848. The van der Waals surface area contributed by atoms with Crippen molar-refractivity contribution in [3.8, 4) is 0 Å². The second-order valence-electron chi connectivity index (χ2n) is 7.55. The fraction of sp³-hybridized carbons (Fsp3) is 0.706. The van der Waals surface area contributed by atoms with E-state index in [0.717, 1.165) is 25.8 Å². The van der Waals surface area contributed by atoms with Crippen LogP contribution < -0.4 is 5.32 Å². The van der Waals surface area contributed by atoms with E-state index >= 15 is 0 Å². The molecule has 2 aliphatic rings. The Bertz CT molecular complexity index is 593. The number of nitrogens with zero attached hydrogens (tertiary/aromatic N) is 2. The number of aryl methyl sites for hydroxylation is 1. The van der Waals surface area contributed by atoms with Gasteiger partial charge in [0, 0.05) is 37.3 Å². The lowest BCUT2D eigenvalue weighted by Gasteiger charge is -2.38. The van der Waals surface area contributed by atoms with E-state index < -0.39 is 5.41 Å². The first kappa shape index (κ1) is 15.3. The number of carbonyl (C=O) groups is 2. The molecule has 0 spiro atoms. The van der Waals surface area contributed by atoms with Gasteiger partial charge in [-0.3, -0.25) is 9.59 Å². The Morgan fingerprint density at radius 2 is 2.14 bits per heavy atom. The SMILES string of the molecule is CC1(C)[C@]2(C(=O)NCCCn3ccnc3)CC[C@@]1(C)C(=O)C2. The molecule has 2 fully saturated rings. The van der Waals surface area contributed by atoms with E-state index in [1.807, 2.05) is 17.7 Å². The lowest BCUT2D eigenvalue weighted by atomic mass is 9.64. The number of ketones is 1. The number of imidazole rings is 1. The molecule has 2 aliphatic carbocycles. The first-order valence-electron chi connectivity index (χ1n) is 8.11. The molecule has 22 heavy (non-hydrogen) atoms. The van der Waals surface area contributed by atoms with Gasteiger partial charge in [-0.1, -0.05) is 20.8 Å². The molecule has 5 nitrogen and oxygen atoms in total. The molecule has 1 aromatic rings. The zero-order valence-electron chi connectivity index (χ0n) is 13.7. The van der Waals surface area contributed by atoms with Gasteiger partial charge in [-0.15, -0.1) is 0 Å². The molecule has 5 heteroatoms. The van der Waals surface area contributed by atoms with Crippen LogP contribution in [-0.4, -0.2) is 27.8 Å². The number of carbonyl (C=O) groups excluding carboxylic acids is 2. The highest BCUT2D eigenvalue weighted by atomic mass is 16.2. The molecular formula is C17H25N3O2. The second-order valence-corrected chi connectivity index (χ2v) is 7.55. The monoisotopic (exact) mass is 303 g/mol. The zero-order valence-corrected chi connectivity index (χ0v) is 13.7. The number of rotatable bonds is 5. The van der Waals surface area contributed by atoms with Gasteiger partial charge in [0.25, 0.3) is 0 Å². The number of Topliss-reactive ketones (excluding diaryl/α,β-unsaturated/α-hetero) is 1. The van der Waals surface area contributed by atoms with E-state index in [2.05, 4.69) is 24.1 Å². The number of hydrogen-bond donors (Lipinski definition) is 1. The Balaban J connectivity index is 1.61.